The van der Waals surface area contributed by atoms with Crippen molar-refractivity contribution in [3.05, 3.63) is 35.9 Å². The molecular formula is C19H28O11. The standard InChI is InChI=1S/C19H28O11/c20-6-10-12(21)14(23)16(25)19(29-10)28-8-11-13(22)15(24)17(26)18(30-11)27-7-9-4-2-1-3-5-9/h1-5,10-26H,6-8H2/t10-,11-,12-,13-,14+,15+,16-,17-,18+,19-/m1/s1. The molecule has 2 fully saturated rings. The zero-order valence-corrected chi connectivity index (χ0v) is 16.0. The zero-order valence-electron chi connectivity index (χ0n) is 16.0. The molecule has 0 radical (unpaired) electrons. The molecule has 0 bridgehead atoms. The number of aliphatic hydroxyl groups excluding tert-OH is 7. The van der Waals surface area contributed by atoms with E-state index in [1.165, 1.54) is 0 Å². The van der Waals surface area contributed by atoms with E-state index in [1.807, 2.05) is 18.2 Å². The average Bonchev–Trinajstić information content (AvgIpc) is 2.76. The molecule has 3 rings (SSSR count). The lowest BCUT2D eigenvalue weighted by Gasteiger charge is -2.42. The Morgan fingerprint density at radius 2 is 1.20 bits per heavy atom. The molecule has 11 nitrogen and oxygen atoms in total. The highest BCUT2D eigenvalue weighted by Gasteiger charge is 2.47. The molecule has 1 aromatic rings. The smallest absolute Gasteiger partial charge is 0.187 e. The van der Waals surface area contributed by atoms with E-state index in [0.29, 0.717) is 0 Å². The van der Waals surface area contributed by atoms with Crippen LogP contribution >= 0.6 is 0 Å². The number of ether oxygens (including phenoxy) is 4. The van der Waals surface area contributed by atoms with Gasteiger partial charge in [-0.2, -0.15) is 0 Å². The van der Waals surface area contributed by atoms with Crippen LogP contribution in [0.2, 0.25) is 0 Å². The summed E-state index contributed by atoms with van der Waals surface area (Å²) < 4.78 is 21.6. The summed E-state index contributed by atoms with van der Waals surface area (Å²) in [5.74, 6) is 0. The van der Waals surface area contributed by atoms with E-state index in [2.05, 4.69) is 0 Å². The van der Waals surface area contributed by atoms with Gasteiger partial charge >= 0.3 is 0 Å². The number of hydrogen-bond donors (Lipinski definition) is 7. The minimum absolute atomic E-state index is 0.0890. The molecule has 170 valence electrons. The number of benzene rings is 1. The molecule has 1 aromatic carbocycles. The van der Waals surface area contributed by atoms with Crippen LogP contribution in [0.4, 0.5) is 0 Å². The van der Waals surface area contributed by atoms with Crippen LogP contribution in [-0.4, -0.2) is 110 Å². The van der Waals surface area contributed by atoms with Gasteiger partial charge in [0.25, 0.3) is 0 Å². The highest BCUT2D eigenvalue weighted by atomic mass is 16.7. The van der Waals surface area contributed by atoms with Gasteiger partial charge in [0.15, 0.2) is 12.6 Å². The summed E-state index contributed by atoms with van der Waals surface area (Å²) in [7, 11) is 0. The van der Waals surface area contributed by atoms with E-state index in [1.54, 1.807) is 12.1 Å². The lowest BCUT2D eigenvalue weighted by molar-refractivity contribution is -0.332. The van der Waals surface area contributed by atoms with Gasteiger partial charge in [-0.05, 0) is 5.56 Å². The van der Waals surface area contributed by atoms with Crippen molar-refractivity contribution in [3.8, 4) is 0 Å². The van der Waals surface area contributed by atoms with Crippen molar-refractivity contribution in [1.29, 1.82) is 0 Å². The Labute approximate surface area is 172 Å². The lowest BCUT2D eigenvalue weighted by atomic mass is 9.98. The van der Waals surface area contributed by atoms with Crippen molar-refractivity contribution < 1.29 is 54.7 Å². The van der Waals surface area contributed by atoms with E-state index < -0.39 is 74.6 Å². The third-order valence-electron chi connectivity index (χ3n) is 5.20. The van der Waals surface area contributed by atoms with Gasteiger partial charge in [0.1, 0.15) is 48.8 Å². The normalized spacial score (nSPS) is 42.2. The first-order valence-corrected chi connectivity index (χ1v) is 9.60. The molecule has 0 aliphatic carbocycles. The van der Waals surface area contributed by atoms with E-state index in [0.717, 1.165) is 5.56 Å². The van der Waals surface area contributed by atoms with Crippen molar-refractivity contribution in [1.82, 2.24) is 0 Å². The van der Waals surface area contributed by atoms with Crippen molar-refractivity contribution >= 4 is 0 Å². The number of aliphatic hydroxyl groups is 7. The average molecular weight is 432 g/mol. The fraction of sp³-hybridized carbons (Fsp3) is 0.684. The number of rotatable bonds is 7. The Kier molecular flexibility index (Phi) is 8.12. The van der Waals surface area contributed by atoms with E-state index in [-0.39, 0.29) is 6.61 Å². The Morgan fingerprint density at radius 3 is 1.80 bits per heavy atom. The van der Waals surface area contributed by atoms with Gasteiger partial charge in [-0.15, -0.1) is 0 Å². The third kappa shape index (κ3) is 5.15. The molecule has 30 heavy (non-hydrogen) atoms. The quantitative estimate of drug-likeness (QED) is 0.231. The Hall–Kier alpha value is -1.22. The second kappa shape index (κ2) is 10.4. The molecular weight excluding hydrogens is 404 g/mol. The molecule has 0 aromatic heterocycles. The highest BCUT2D eigenvalue weighted by Crippen LogP contribution is 2.26. The first-order valence-electron chi connectivity index (χ1n) is 9.60. The van der Waals surface area contributed by atoms with Crippen molar-refractivity contribution in [2.45, 2.75) is 68.0 Å². The minimum Gasteiger partial charge on any atom is -0.394 e. The molecule has 0 saturated carbocycles. The summed E-state index contributed by atoms with van der Waals surface area (Å²) in [6.07, 6.45) is -14.4. The molecule has 2 saturated heterocycles. The van der Waals surface area contributed by atoms with Crippen molar-refractivity contribution in [3.63, 3.8) is 0 Å². The summed E-state index contributed by atoms with van der Waals surface area (Å²) >= 11 is 0. The molecule has 0 unspecified atom stereocenters. The van der Waals surface area contributed by atoms with Crippen molar-refractivity contribution in [2.75, 3.05) is 13.2 Å². The first kappa shape index (κ1) is 23.4. The minimum atomic E-state index is -1.62. The maximum Gasteiger partial charge on any atom is 0.187 e. The molecule has 2 aliphatic rings. The molecule has 7 N–H and O–H groups in total. The highest BCUT2D eigenvalue weighted by molar-refractivity contribution is 5.13. The maximum atomic E-state index is 10.2. The predicted octanol–water partition coefficient (Wildman–Crippen LogP) is -3.17. The SMILES string of the molecule is OC[C@H]1O[C@@H](OC[C@H]2O[C@H](OCc3ccccc3)[C@H](O)[C@@H](O)[C@@H]2O)[C@H](O)[C@@H](O)[C@@H]1O. The van der Waals surface area contributed by atoms with Crippen LogP contribution in [0.3, 0.4) is 0 Å². The largest absolute Gasteiger partial charge is 0.394 e. The van der Waals surface area contributed by atoms with Crippen LogP contribution in [0.15, 0.2) is 30.3 Å². The van der Waals surface area contributed by atoms with Crippen LogP contribution in [-0.2, 0) is 25.6 Å². The van der Waals surface area contributed by atoms with E-state index >= 15 is 0 Å². The van der Waals surface area contributed by atoms with Crippen molar-refractivity contribution in [2.24, 2.45) is 0 Å². The summed E-state index contributed by atoms with van der Waals surface area (Å²) in [5.41, 5.74) is 0.808. The monoisotopic (exact) mass is 432 g/mol. The number of hydrogen-bond acceptors (Lipinski definition) is 11. The Morgan fingerprint density at radius 1 is 0.667 bits per heavy atom. The Bertz CT molecular complexity index is 645. The van der Waals surface area contributed by atoms with Gasteiger partial charge in [0.05, 0.1) is 19.8 Å². The maximum absolute atomic E-state index is 10.2. The fourth-order valence-corrected chi connectivity index (χ4v) is 3.34. The fourth-order valence-electron chi connectivity index (χ4n) is 3.34. The first-order chi connectivity index (χ1) is 14.3. The van der Waals surface area contributed by atoms with Gasteiger partial charge in [-0.3, -0.25) is 0 Å². The summed E-state index contributed by atoms with van der Waals surface area (Å²) in [6, 6.07) is 9.07. The molecule has 0 amide bonds. The van der Waals surface area contributed by atoms with Gasteiger partial charge in [-0.25, -0.2) is 0 Å². The predicted molar refractivity (Wildman–Crippen MR) is 97.6 cm³/mol. The van der Waals surface area contributed by atoms with E-state index in [9.17, 15) is 35.7 Å². The van der Waals surface area contributed by atoms with Crippen LogP contribution in [0.5, 0.6) is 0 Å². The molecule has 0 spiro atoms. The van der Waals surface area contributed by atoms with Gasteiger partial charge in [-0.1, -0.05) is 30.3 Å². The summed E-state index contributed by atoms with van der Waals surface area (Å²) in [5, 5.41) is 69.3. The molecule has 11 heteroatoms. The van der Waals surface area contributed by atoms with Crippen LogP contribution in [0.25, 0.3) is 0 Å². The zero-order chi connectivity index (χ0) is 21.8. The summed E-state index contributed by atoms with van der Waals surface area (Å²) in [4.78, 5) is 0. The van der Waals surface area contributed by atoms with Gasteiger partial charge in [0, 0.05) is 0 Å². The van der Waals surface area contributed by atoms with Gasteiger partial charge in [0.2, 0.25) is 0 Å². The molecule has 2 heterocycles. The topological polar surface area (TPSA) is 179 Å². The molecule has 10 atom stereocenters. The lowest BCUT2D eigenvalue weighted by Crippen LogP contribution is -2.61. The van der Waals surface area contributed by atoms with Gasteiger partial charge < -0.3 is 54.7 Å². The molecule has 2 aliphatic heterocycles. The second-order valence-electron chi connectivity index (χ2n) is 7.34. The third-order valence-corrected chi connectivity index (χ3v) is 5.20. The second-order valence-corrected chi connectivity index (χ2v) is 7.34. The van der Waals surface area contributed by atoms with Crippen LogP contribution < -0.4 is 0 Å². The van der Waals surface area contributed by atoms with Crippen LogP contribution in [0, 0.1) is 0 Å². The van der Waals surface area contributed by atoms with Crippen LogP contribution in [0.1, 0.15) is 5.56 Å². The Balaban J connectivity index is 1.58. The summed E-state index contributed by atoms with van der Waals surface area (Å²) in [6.45, 7) is -0.932. The van der Waals surface area contributed by atoms with E-state index in [4.69, 9.17) is 18.9 Å².